The fourth-order valence-electron chi connectivity index (χ4n) is 3.73. The molecular formula is C15H26N2O3. The van der Waals surface area contributed by atoms with Crippen LogP contribution in [0.15, 0.2) is 0 Å². The zero-order valence-corrected chi connectivity index (χ0v) is 12.6. The molecule has 5 heteroatoms. The first-order valence-electron chi connectivity index (χ1n) is 7.68. The topological polar surface area (TPSA) is 58.6 Å². The van der Waals surface area contributed by atoms with E-state index in [2.05, 4.69) is 5.32 Å². The Morgan fingerprint density at radius 1 is 1.35 bits per heavy atom. The lowest BCUT2D eigenvalue weighted by Gasteiger charge is -2.43. The minimum Gasteiger partial charge on any atom is -0.381 e. The van der Waals surface area contributed by atoms with Crippen molar-refractivity contribution in [1.82, 2.24) is 10.2 Å². The molecule has 0 aromatic carbocycles. The Morgan fingerprint density at radius 2 is 2.10 bits per heavy atom. The second kappa shape index (κ2) is 6.57. The Morgan fingerprint density at radius 3 is 2.80 bits per heavy atom. The number of carbonyl (C=O) groups is 2. The largest absolute Gasteiger partial charge is 0.381 e. The fraction of sp³-hybridized carbons (Fsp3) is 0.867. The van der Waals surface area contributed by atoms with Crippen LogP contribution in [0.5, 0.6) is 0 Å². The van der Waals surface area contributed by atoms with Crippen LogP contribution in [0.25, 0.3) is 0 Å². The highest BCUT2D eigenvalue weighted by Crippen LogP contribution is 2.46. The Bertz CT molecular complexity index is 372. The molecule has 0 bridgehead atoms. The average molecular weight is 282 g/mol. The van der Waals surface area contributed by atoms with E-state index in [1.165, 1.54) is 6.42 Å². The minimum atomic E-state index is -0.0688. The first-order valence-corrected chi connectivity index (χ1v) is 7.68. The molecule has 1 heterocycles. The molecule has 20 heavy (non-hydrogen) atoms. The van der Waals surface area contributed by atoms with Gasteiger partial charge >= 0.3 is 0 Å². The third-order valence-electron chi connectivity index (χ3n) is 4.83. The average Bonchev–Trinajstić information content (AvgIpc) is 2.86. The van der Waals surface area contributed by atoms with E-state index in [9.17, 15) is 9.59 Å². The van der Waals surface area contributed by atoms with Gasteiger partial charge in [-0.3, -0.25) is 9.59 Å². The molecule has 1 aliphatic carbocycles. The maximum Gasteiger partial charge on any atom is 0.241 e. The van der Waals surface area contributed by atoms with Crippen molar-refractivity contribution in [3.8, 4) is 0 Å². The summed E-state index contributed by atoms with van der Waals surface area (Å²) < 4.78 is 5.64. The highest BCUT2D eigenvalue weighted by molar-refractivity contribution is 5.84. The van der Waals surface area contributed by atoms with Crippen LogP contribution < -0.4 is 5.32 Å². The fourth-order valence-corrected chi connectivity index (χ4v) is 3.73. The molecule has 0 radical (unpaired) electrons. The van der Waals surface area contributed by atoms with Gasteiger partial charge in [0.25, 0.3) is 0 Å². The zero-order chi connectivity index (χ0) is 14.6. The lowest BCUT2D eigenvalue weighted by atomic mass is 9.76. The van der Waals surface area contributed by atoms with Crippen LogP contribution in [0.4, 0.5) is 0 Å². The number of hydrogen-bond acceptors (Lipinski definition) is 3. The molecule has 0 aromatic rings. The van der Waals surface area contributed by atoms with E-state index in [1.54, 1.807) is 14.0 Å². The number of hydrogen-bond donors (Lipinski definition) is 1. The maximum absolute atomic E-state index is 12.2. The zero-order valence-electron chi connectivity index (χ0n) is 12.6. The predicted octanol–water partition coefficient (Wildman–Crippen LogP) is 1.32. The SMILES string of the molecule is CCC(=O)NCC(=O)N1CCC[C@]2(CCC[C@H]2OC)C1. The molecule has 0 unspecified atom stereocenters. The van der Waals surface area contributed by atoms with Gasteiger partial charge in [0.15, 0.2) is 0 Å². The van der Waals surface area contributed by atoms with Crippen LogP contribution in [0, 0.1) is 5.41 Å². The van der Waals surface area contributed by atoms with Crippen molar-refractivity contribution >= 4 is 11.8 Å². The summed E-state index contributed by atoms with van der Waals surface area (Å²) in [7, 11) is 1.78. The molecule has 1 aliphatic heterocycles. The third-order valence-corrected chi connectivity index (χ3v) is 4.83. The Hall–Kier alpha value is -1.10. The van der Waals surface area contributed by atoms with Crippen LogP contribution in [0.3, 0.4) is 0 Å². The molecule has 2 amide bonds. The molecule has 2 fully saturated rings. The summed E-state index contributed by atoms with van der Waals surface area (Å²) in [4.78, 5) is 25.4. The van der Waals surface area contributed by atoms with Crippen LogP contribution in [0.1, 0.15) is 45.4 Å². The van der Waals surface area contributed by atoms with E-state index in [1.807, 2.05) is 4.90 Å². The molecule has 1 spiro atoms. The molecule has 2 aliphatic rings. The first-order chi connectivity index (χ1) is 9.61. The third kappa shape index (κ3) is 3.14. The second-order valence-corrected chi connectivity index (χ2v) is 6.03. The van der Waals surface area contributed by atoms with Crippen molar-refractivity contribution < 1.29 is 14.3 Å². The van der Waals surface area contributed by atoms with Gasteiger partial charge in [-0.2, -0.15) is 0 Å². The van der Waals surface area contributed by atoms with Crippen molar-refractivity contribution in [1.29, 1.82) is 0 Å². The maximum atomic E-state index is 12.2. The van der Waals surface area contributed by atoms with Gasteiger partial charge in [-0.1, -0.05) is 13.3 Å². The summed E-state index contributed by atoms with van der Waals surface area (Å²) >= 11 is 0. The Kier molecular flexibility index (Phi) is 5.02. The Labute approximate surface area is 121 Å². The lowest BCUT2D eigenvalue weighted by Crippen LogP contribution is -2.52. The summed E-state index contributed by atoms with van der Waals surface area (Å²) in [6, 6.07) is 0. The number of amides is 2. The summed E-state index contributed by atoms with van der Waals surface area (Å²) in [5.74, 6) is -0.0339. The normalized spacial score (nSPS) is 29.7. The van der Waals surface area contributed by atoms with Gasteiger partial charge < -0.3 is 15.0 Å². The van der Waals surface area contributed by atoms with E-state index in [4.69, 9.17) is 4.74 Å². The van der Waals surface area contributed by atoms with Crippen molar-refractivity contribution in [3.63, 3.8) is 0 Å². The monoisotopic (exact) mass is 282 g/mol. The van der Waals surface area contributed by atoms with Crippen molar-refractivity contribution in [2.45, 2.75) is 51.6 Å². The second-order valence-electron chi connectivity index (χ2n) is 6.03. The van der Waals surface area contributed by atoms with Crippen LogP contribution >= 0.6 is 0 Å². The van der Waals surface area contributed by atoms with Crippen LogP contribution in [0.2, 0.25) is 0 Å². The summed E-state index contributed by atoms with van der Waals surface area (Å²) in [5, 5.41) is 2.67. The predicted molar refractivity (Wildman–Crippen MR) is 76.2 cm³/mol. The first kappa shape index (κ1) is 15.3. The van der Waals surface area contributed by atoms with Gasteiger partial charge in [0.2, 0.25) is 11.8 Å². The summed E-state index contributed by atoms with van der Waals surface area (Å²) in [5.41, 5.74) is 0.150. The molecular weight excluding hydrogens is 256 g/mol. The number of carbonyl (C=O) groups excluding carboxylic acids is 2. The van der Waals surface area contributed by atoms with Gasteiger partial charge in [0.1, 0.15) is 0 Å². The van der Waals surface area contributed by atoms with Crippen molar-refractivity contribution in [2.75, 3.05) is 26.7 Å². The number of nitrogens with zero attached hydrogens (tertiary/aromatic N) is 1. The number of likely N-dealkylation sites (tertiary alicyclic amines) is 1. The summed E-state index contributed by atoms with van der Waals surface area (Å²) in [6.45, 7) is 3.50. The van der Waals surface area contributed by atoms with Crippen molar-refractivity contribution in [3.05, 3.63) is 0 Å². The van der Waals surface area contributed by atoms with Crippen molar-refractivity contribution in [2.24, 2.45) is 5.41 Å². The highest BCUT2D eigenvalue weighted by atomic mass is 16.5. The van der Waals surface area contributed by atoms with Gasteiger partial charge in [0.05, 0.1) is 12.6 Å². The van der Waals surface area contributed by atoms with Crippen LogP contribution in [-0.2, 0) is 14.3 Å². The standard InChI is InChI=1S/C15H26N2O3/c1-3-13(18)16-10-14(19)17-9-5-8-15(11-17)7-4-6-12(15)20-2/h12H,3-11H2,1-2H3,(H,16,18)/t12-,15-/m1/s1. The van der Waals surface area contributed by atoms with Crippen LogP contribution in [-0.4, -0.2) is 49.6 Å². The molecule has 2 rings (SSSR count). The van der Waals surface area contributed by atoms with Gasteiger partial charge in [0, 0.05) is 32.0 Å². The molecule has 1 saturated carbocycles. The number of rotatable bonds is 4. The molecule has 1 N–H and O–H groups in total. The Balaban J connectivity index is 1.93. The van der Waals surface area contributed by atoms with Gasteiger partial charge in [-0.15, -0.1) is 0 Å². The number of methoxy groups -OCH3 is 1. The molecule has 5 nitrogen and oxygen atoms in total. The molecule has 2 atom stereocenters. The molecule has 0 aromatic heterocycles. The molecule has 114 valence electrons. The van der Waals surface area contributed by atoms with Gasteiger partial charge in [-0.25, -0.2) is 0 Å². The van der Waals surface area contributed by atoms with E-state index in [-0.39, 0.29) is 29.9 Å². The minimum absolute atomic E-state index is 0.0348. The van der Waals surface area contributed by atoms with E-state index in [0.29, 0.717) is 6.42 Å². The number of piperidine rings is 1. The number of nitrogens with one attached hydrogen (secondary N) is 1. The molecule has 1 saturated heterocycles. The smallest absolute Gasteiger partial charge is 0.241 e. The lowest BCUT2D eigenvalue weighted by molar-refractivity contribution is -0.138. The summed E-state index contributed by atoms with van der Waals surface area (Å²) in [6.07, 6.45) is 6.32. The highest BCUT2D eigenvalue weighted by Gasteiger charge is 2.46. The van der Waals surface area contributed by atoms with E-state index >= 15 is 0 Å². The van der Waals surface area contributed by atoms with E-state index in [0.717, 1.165) is 38.8 Å². The number of ether oxygens (including phenoxy) is 1. The van der Waals surface area contributed by atoms with Gasteiger partial charge in [-0.05, 0) is 25.7 Å². The quantitative estimate of drug-likeness (QED) is 0.846. The van der Waals surface area contributed by atoms with E-state index < -0.39 is 0 Å².